The van der Waals surface area contributed by atoms with Crippen LogP contribution in [-0.2, 0) is 21.1 Å². The molecule has 2 heterocycles. The predicted molar refractivity (Wildman–Crippen MR) is 94.5 cm³/mol. The zero-order valence-electron chi connectivity index (χ0n) is 14.0. The molecule has 0 aromatic heterocycles. The summed E-state index contributed by atoms with van der Waals surface area (Å²) < 4.78 is 22.9. The molecule has 1 aromatic rings. The van der Waals surface area contributed by atoms with E-state index in [2.05, 4.69) is 34.5 Å². The summed E-state index contributed by atoms with van der Waals surface area (Å²) in [6.45, 7) is 2.26. The molecule has 0 spiro atoms. The van der Waals surface area contributed by atoms with Crippen molar-refractivity contribution < 1.29 is 13.2 Å². The number of likely N-dealkylation sites (tertiary alicyclic amines) is 1. The fraction of sp³-hybridized carbons (Fsp3) is 0.611. The minimum atomic E-state index is -2.94. The number of benzene rings is 1. The molecule has 0 aliphatic carbocycles. The van der Waals surface area contributed by atoms with Crippen molar-refractivity contribution in [2.75, 3.05) is 31.1 Å². The Bertz CT molecular complexity index is 652. The Morgan fingerprint density at radius 3 is 2.46 bits per heavy atom. The largest absolute Gasteiger partial charge is 0.351 e. The van der Waals surface area contributed by atoms with Crippen LogP contribution in [0.5, 0.6) is 0 Å². The molecule has 24 heavy (non-hydrogen) atoms. The number of amides is 1. The van der Waals surface area contributed by atoms with Crippen LogP contribution in [0.4, 0.5) is 0 Å². The van der Waals surface area contributed by atoms with Crippen LogP contribution in [0, 0.1) is 5.92 Å². The Balaban J connectivity index is 1.38. The molecule has 2 fully saturated rings. The van der Waals surface area contributed by atoms with Crippen molar-refractivity contribution in [1.82, 2.24) is 10.2 Å². The van der Waals surface area contributed by atoms with Gasteiger partial charge in [0.2, 0.25) is 5.91 Å². The van der Waals surface area contributed by atoms with Gasteiger partial charge in [-0.15, -0.1) is 0 Å². The molecule has 132 valence electrons. The molecule has 3 rings (SSSR count). The fourth-order valence-electron chi connectivity index (χ4n) is 3.68. The molecule has 1 N–H and O–H groups in total. The summed E-state index contributed by atoms with van der Waals surface area (Å²) in [7, 11) is -2.94. The number of carbonyl (C=O) groups is 1. The standard InChI is InChI=1S/C18H26N2O3S/c21-18(19-17-8-11-24(22,23)14-17)13-20-9-6-16(7-10-20)12-15-4-2-1-3-5-15/h1-5,16-17H,6-14H2,(H,19,21)/t17-/m0/s1. The third kappa shape index (κ3) is 5.05. The Hall–Kier alpha value is -1.40. The van der Waals surface area contributed by atoms with Gasteiger partial charge in [0.25, 0.3) is 0 Å². The average molecular weight is 350 g/mol. The van der Waals surface area contributed by atoms with Crippen molar-refractivity contribution in [1.29, 1.82) is 0 Å². The summed E-state index contributed by atoms with van der Waals surface area (Å²) in [5.41, 5.74) is 1.39. The van der Waals surface area contributed by atoms with Crippen LogP contribution in [0.3, 0.4) is 0 Å². The quantitative estimate of drug-likeness (QED) is 0.868. The first kappa shape index (κ1) is 17.4. The molecule has 2 aliphatic heterocycles. The molecule has 2 saturated heterocycles. The molecule has 0 bridgehead atoms. The van der Waals surface area contributed by atoms with E-state index in [0.717, 1.165) is 32.4 Å². The van der Waals surface area contributed by atoms with Gasteiger partial charge < -0.3 is 5.32 Å². The molecule has 2 aliphatic rings. The summed E-state index contributed by atoms with van der Waals surface area (Å²) >= 11 is 0. The van der Waals surface area contributed by atoms with Gasteiger partial charge in [-0.25, -0.2) is 8.42 Å². The highest BCUT2D eigenvalue weighted by Gasteiger charge is 2.29. The van der Waals surface area contributed by atoms with Crippen molar-refractivity contribution >= 4 is 15.7 Å². The number of hydrogen-bond donors (Lipinski definition) is 1. The second kappa shape index (κ2) is 7.66. The number of piperidine rings is 1. The van der Waals surface area contributed by atoms with Gasteiger partial charge in [-0.1, -0.05) is 30.3 Å². The van der Waals surface area contributed by atoms with Crippen LogP contribution in [0.1, 0.15) is 24.8 Å². The van der Waals surface area contributed by atoms with Gasteiger partial charge in [-0.3, -0.25) is 9.69 Å². The van der Waals surface area contributed by atoms with Crippen molar-refractivity contribution in [3.05, 3.63) is 35.9 Å². The van der Waals surface area contributed by atoms with E-state index in [1.807, 2.05) is 6.07 Å². The second-order valence-electron chi connectivity index (χ2n) is 7.08. The van der Waals surface area contributed by atoms with Gasteiger partial charge in [0, 0.05) is 6.04 Å². The van der Waals surface area contributed by atoms with Gasteiger partial charge in [0.15, 0.2) is 9.84 Å². The number of rotatable bonds is 5. The smallest absolute Gasteiger partial charge is 0.234 e. The van der Waals surface area contributed by atoms with Gasteiger partial charge in [-0.05, 0) is 50.3 Å². The first-order chi connectivity index (χ1) is 11.5. The van der Waals surface area contributed by atoms with Crippen molar-refractivity contribution in [2.24, 2.45) is 5.92 Å². The summed E-state index contributed by atoms with van der Waals surface area (Å²) in [6.07, 6.45) is 3.88. The van der Waals surface area contributed by atoms with Crippen LogP contribution in [0.15, 0.2) is 30.3 Å². The number of carbonyl (C=O) groups excluding carboxylic acids is 1. The highest BCUT2D eigenvalue weighted by molar-refractivity contribution is 7.91. The van der Waals surface area contributed by atoms with Crippen molar-refractivity contribution in [3.63, 3.8) is 0 Å². The molecule has 5 nitrogen and oxygen atoms in total. The van der Waals surface area contributed by atoms with Gasteiger partial charge in [0.1, 0.15) is 0 Å². The summed E-state index contributed by atoms with van der Waals surface area (Å²) in [5.74, 6) is 0.936. The first-order valence-electron chi connectivity index (χ1n) is 8.76. The minimum Gasteiger partial charge on any atom is -0.351 e. The maximum atomic E-state index is 12.1. The molecular weight excluding hydrogens is 324 g/mol. The van der Waals surface area contributed by atoms with E-state index < -0.39 is 9.84 Å². The number of nitrogens with zero attached hydrogens (tertiary/aromatic N) is 1. The van der Waals surface area contributed by atoms with E-state index >= 15 is 0 Å². The van der Waals surface area contributed by atoms with Crippen LogP contribution in [0.2, 0.25) is 0 Å². The summed E-state index contributed by atoms with van der Waals surface area (Å²) in [5, 5.41) is 2.87. The first-order valence-corrected chi connectivity index (χ1v) is 10.6. The molecule has 0 unspecified atom stereocenters. The zero-order chi connectivity index (χ0) is 17.0. The van der Waals surface area contributed by atoms with Gasteiger partial charge >= 0.3 is 0 Å². The van der Waals surface area contributed by atoms with Crippen LogP contribution in [0.25, 0.3) is 0 Å². The normalized spacial score (nSPS) is 24.8. The van der Waals surface area contributed by atoms with E-state index in [-0.39, 0.29) is 23.5 Å². The van der Waals surface area contributed by atoms with Gasteiger partial charge in [-0.2, -0.15) is 0 Å². The highest BCUT2D eigenvalue weighted by atomic mass is 32.2. The monoisotopic (exact) mass is 350 g/mol. The zero-order valence-corrected chi connectivity index (χ0v) is 14.8. The highest BCUT2D eigenvalue weighted by Crippen LogP contribution is 2.21. The van der Waals surface area contributed by atoms with E-state index in [1.54, 1.807) is 0 Å². The third-order valence-electron chi connectivity index (χ3n) is 5.04. The second-order valence-corrected chi connectivity index (χ2v) is 9.31. The lowest BCUT2D eigenvalue weighted by Gasteiger charge is -2.31. The maximum Gasteiger partial charge on any atom is 0.234 e. The number of sulfone groups is 1. The number of nitrogens with one attached hydrogen (secondary N) is 1. The number of hydrogen-bond acceptors (Lipinski definition) is 4. The van der Waals surface area contributed by atoms with E-state index in [1.165, 1.54) is 5.56 Å². The lowest BCUT2D eigenvalue weighted by atomic mass is 9.90. The average Bonchev–Trinajstić information content (AvgIpc) is 2.89. The molecule has 0 radical (unpaired) electrons. The fourth-order valence-corrected chi connectivity index (χ4v) is 5.35. The van der Waals surface area contributed by atoms with Crippen LogP contribution >= 0.6 is 0 Å². The van der Waals surface area contributed by atoms with E-state index in [0.29, 0.717) is 18.9 Å². The summed E-state index contributed by atoms with van der Waals surface area (Å²) in [4.78, 5) is 14.3. The Kier molecular flexibility index (Phi) is 5.56. The Morgan fingerprint density at radius 1 is 1.12 bits per heavy atom. The van der Waals surface area contributed by atoms with Crippen molar-refractivity contribution in [2.45, 2.75) is 31.7 Å². The molecule has 6 heteroatoms. The lowest BCUT2D eigenvalue weighted by molar-refractivity contribution is -0.123. The Morgan fingerprint density at radius 2 is 1.83 bits per heavy atom. The summed E-state index contributed by atoms with van der Waals surface area (Å²) in [6, 6.07) is 10.4. The SMILES string of the molecule is O=C(CN1CCC(Cc2ccccc2)CC1)N[C@H]1CCS(=O)(=O)C1. The van der Waals surface area contributed by atoms with Gasteiger partial charge in [0.05, 0.1) is 18.1 Å². The predicted octanol–water partition coefficient (Wildman–Crippen LogP) is 1.24. The lowest BCUT2D eigenvalue weighted by Crippen LogP contribution is -2.45. The Labute approximate surface area is 144 Å². The third-order valence-corrected chi connectivity index (χ3v) is 6.81. The molecule has 1 amide bonds. The molecule has 1 atom stereocenters. The van der Waals surface area contributed by atoms with Crippen LogP contribution in [-0.4, -0.2) is 56.4 Å². The molecule has 0 saturated carbocycles. The van der Waals surface area contributed by atoms with E-state index in [4.69, 9.17) is 0 Å². The topological polar surface area (TPSA) is 66.5 Å². The molecular formula is C18H26N2O3S. The molecule has 1 aromatic carbocycles. The van der Waals surface area contributed by atoms with Crippen molar-refractivity contribution in [3.8, 4) is 0 Å². The minimum absolute atomic E-state index is 0.0430. The van der Waals surface area contributed by atoms with Crippen LogP contribution < -0.4 is 5.32 Å². The van der Waals surface area contributed by atoms with E-state index in [9.17, 15) is 13.2 Å². The maximum absolute atomic E-state index is 12.1.